The van der Waals surface area contributed by atoms with Crippen LogP contribution in [0.3, 0.4) is 0 Å². The van der Waals surface area contributed by atoms with Gasteiger partial charge in [0.1, 0.15) is 6.04 Å². The van der Waals surface area contributed by atoms with E-state index in [-0.39, 0.29) is 11.8 Å². The van der Waals surface area contributed by atoms with Crippen LogP contribution in [0.25, 0.3) is 10.8 Å². The second-order valence-corrected chi connectivity index (χ2v) is 8.10. The van der Waals surface area contributed by atoms with Crippen molar-refractivity contribution in [3.63, 3.8) is 0 Å². The molecule has 0 radical (unpaired) electrons. The van der Waals surface area contributed by atoms with Gasteiger partial charge in [-0.15, -0.1) is 0 Å². The Morgan fingerprint density at radius 2 is 1.91 bits per heavy atom. The molecule has 0 saturated heterocycles. The van der Waals surface area contributed by atoms with Crippen molar-refractivity contribution < 1.29 is 9.59 Å². The first-order valence-electron chi connectivity index (χ1n) is 10.8. The van der Waals surface area contributed by atoms with Crippen molar-refractivity contribution in [1.82, 2.24) is 10.6 Å². The van der Waals surface area contributed by atoms with Crippen LogP contribution in [0.1, 0.15) is 30.0 Å². The van der Waals surface area contributed by atoms with E-state index in [4.69, 9.17) is 0 Å². The Kier molecular flexibility index (Phi) is 6.20. The molecule has 3 aromatic rings. The van der Waals surface area contributed by atoms with E-state index in [1.807, 2.05) is 54.6 Å². The number of anilines is 1. The number of nitrogens with zero attached hydrogens (tertiary/aromatic N) is 2. The summed E-state index contributed by atoms with van der Waals surface area (Å²) in [6, 6.07) is 20.6. The number of nitriles is 1. The highest BCUT2D eigenvalue weighted by atomic mass is 16.2. The zero-order chi connectivity index (χ0) is 22.7. The fourth-order valence-corrected chi connectivity index (χ4v) is 4.25. The van der Waals surface area contributed by atoms with Gasteiger partial charge in [0.25, 0.3) is 0 Å². The minimum Gasteiger partial charge on any atom is -0.343 e. The lowest BCUT2D eigenvalue weighted by molar-refractivity contribution is -0.128. The molecule has 2 atom stereocenters. The highest BCUT2D eigenvalue weighted by molar-refractivity contribution is 6.01. The lowest BCUT2D eigenvalue weighted by atomic mass is 9.99. The van der Waals surface area contributed by atoms with Crippen molar-refractivity contribution in [2.45, 2.75) is 38.4 Å². The smallest absolute Gasteiger partial charge is 0.249 e. The molecule has 0 spiro atoms. The third-order valence-electron chi connectivity index (χ3n) is 6.13. The topological polar surface area (TPSA) is 85.2 Å². The van der Waals surface area contributed by atoms with Crippen LogP contribution in [0.2, 0.25) is 0 Å². The van der Waals surface area contributed by atoms with Crippen LogP contribution in [0, 0.1) is 11.3 Å². The van der Waals surface area contributed by atoms with Crippen LogP contribution in [-0.2, 0) is 22.6 Å². The number of fused-ring (bicyclic) bond motifs is 2. The lowest BCUT2D eigenvalue weighted by Gasteiger charge is -2.27. The summed E-state index contributed by atoms with van der Waals surface area (Å²) in [6.07, 6.45) is 1.23. The highest BCUT2D eigenvalue weighted by Gasteiger charge is 2.32. The van der Waals surface area contributed by atoms with Crippen LogP contribution >= 0.6 is 0 Å². The van der Waals surface area contributed by atoms with E-state index >= 15 is 0 Å². The predicted molar refractivity (Wildman–Crippen MR) is 125 cm³/mol. The van der Waals surface area contributed by atoms with Gasteiger partial charge in [-0.3, -0.25) is 9.59 Å². The highest BCUT2D eigenvalue weighted by Crippen LogP contribution is 2.31. The molecule has 6 heteroatoms. The normalized spacial score (nSPS) is 16.7. The average molecular weight is 427 g/mol. The summed E-state index contributed by atoms with van der Waals surface area (Å²) >= 11 is 0. The van der Waals surface area contributed by atoms with Gasteiger partial charge >= 0.3 is 0 Å². The first kappa shape index (κ1) is 21.5. The molecule has 1 aliphatic heterocycles. The second-order valence-electron chi connectivity index (χ2n) is 8.10. The Balaban J connectivity index is 1.75. The van der Waals surface area contributed by atoms with E-state index in [0.29, 0.717) is 24.9 Å². The molecular weight excluding hydrogens is 400 g/mol. The molecule has 0 saturated carbocycles. The van der Waals surface area contributed by atoms with Gasteiger partial charge in [0.05, 0.1) is 24.2 Å². The standard InChI is InChI=1S/C26H26N4O2/c1-17(28-2)25(31)29-22-14-13-18-7-3-4-12-23(18)30(26(22)32)16-21-11-6-9-19-8-5-10-20(15-27)24(19)21/h3-12,17,22,28H,13-14,16H2,1-2H3,(H,29,31)/t17-,22?/m0/s1. The Hall–Kier alpha value is -3.69. The Morgan fingerprint density at radius 3 is 2.66 bits per heavy atom. The van der Waals surface area contributed by atoms with Gasteiger partial charge in [-0.1, -0.05) is 48.5 Å². The molecular formula is C26H26N4O2. The van der Waals surface area contributed by atoms with Crippen molar-refractivity contribution in [3.05, 3.63) is 77.4 Å². The Morgan fingerprint density at radius 1 is 1.16 bits per heavy atom. The van der Waals surface area contributed by atoms with Gasteiger partial charge in [0, 0.05) is 11.1 Å². The number of aryl methyl sites for hydroxylation is 1. The fourth-order valence-electron chi connectivity index (χ4n) is 4.25. The summed E-state index contributed by atoms with van der Waals surface area (Å²) in [5.41, 5.74) is 3.40. The van der Waals surface area contributed by atoms with Gasteiger partial charge in [-0.05, 0) is 55.5 Å². The third-order valence-corrected chi connectivity index (χ3v) is 6.13. The third kappa shape index (κ3) is 4.08. The SMILES string of the molecule is CN[C@@H](C)C(=O)NC1CCc2ccccc2N(Cc2cccc3cccc(C#N)c23)C1=O. The number of carbonyl (C=O) groups excluding carboxylic acids is 2. The van der Waals surface area contributed by atoms with Crippen LogP contribution in [0.5, 0.6) is 0 Å². The summed E-state index contributed by atoms with van der Waals surface area (Å²) in [6.45, 7) is 2.09. The summed E-state index contributed by atoms with van der Waals surface area (Å²) in [5.74, 6) is -0.341. The fraction of sp³-hybridized carbons (Fsp3) is 0.269. The number of hydrogen-bond donors (Lipinski definition) is 2. The van der Waals surface area contributed by atoms with Gasteiger partial charge in [0.15, 0.2) is 0 Å². The zero-order valence-corrected chi connectivity index (χ0v) is 18.3. The zero-order valence-electron chi connectivity index (χ0n) is 18.3. The van der Waals surface area contributed by atoms with E-state index in [0.717, 1.165) is 27.6 Å². The molecule has 1 unspecified atom stereocenters. The van der Waals surface area contributed by atoms with E-state index in [1.165, 1.54) is 0 Å². The number of likely N-dealkylation sites (N-methyl/N-ethyl adjacent to an activating group) is 1. The molecule has 4 rings (SSSR count). The van der Waals surface area contributed by atoms with Gasteiger partial charge in [-0.2, -0.15) is 5.26 Å². The first-order valence-corrected chi connectivity index (χ1v) is 10.8. The van der Waals surface area contributed by atoms with Gasteiger partial charge in [0.2, 0.25) is 11.8 Å². The second kappa shape index (κ2) is 9.21. The van der Waals surface area contributed by atoms with E-state index < -0.39 is 12.1 Å². The van der Waals surface area contributed by atoms with Crippen LogP contribution < -0.4 is 15.5 Å². The minimum atomic E-state index is -0.615. The number of benzene rings is 3. The van der Waals surface area contributed by atoms with E-state index in [1.54, 1.807) is 24.9 Å². The lowest BCUT2D eigenvalue weighted by Crippen LogP contribution is -2.52. The number of carbonyl (C=O) groups is 2. The molecule has 3 aromatic carbocycles. The molecule has 0 bridgehead atoms. The van der Waals surface area contributed by atoms with Crippen molar-refractivity contribution in [1.29, 1.82) is 5.26 Å². The number of amides is 2. The maximum Gasteiger partial charge on any atom is 0.249 e. The average Bonchev–Trinajstić information content (AvgIpc) is 2.95. The van der Waals surface area contributed by atoms with Gasteiger partial charge < -0.3 is 15.5 Å². The molecule has 6 nitrogen and oxygen atoms in total. The van der Waals surface area contributed by atoms with Gasteiger partial charge in [-0.25, -0.2) is 0 Å². The molecule has 2 amide bonds. The van der Waals surface area contributed by atoms with Crippen LogP contribution in [0.15, 0.2) is 60.7 Å². The Bertz CT molecular complexity index is 1210. The molecule has 162 valence electrons. The molecule has 0 aromatic heterocycles. The summed E-state index contributed by atoms with van der Waals surface area (Å²) in [7, 11) is 1.72. The molecule has 32 heavy (non-hydrogen) atoms. The molecule has 0 fully saturated rings. The predicted octanol–water partition coefficient (Wildman–Crippen LogP) is 3.28. The minimum absolute atomic E-state index is 0.141. The monoisotopic (exact) mass is 426 g/mol. The van der Waals surface area contributed by atoms with Crippen molar-refractivity contribution in [3.8, 4) is 6.07 Å². The van der Waals surface area contributed by atoms with Crippen LogP contribution in [0.4, 0.5) is 5.69 Å². The molecule has 1 aliphatic rings. The largest absolute Gasteiger partial charge is 0.343 e. The van der Waals surface area contributed by atoms with Crippen LogP contribution in [-0.4, -0.2) is 30.9 Å². The maximum absolute atomic E-state index is 13.7. The maximum atomic E-state index is 13.7. The summed E-state index contributed by atoms with van der Waals surface area (Å²) < 4.78 is 0. The van der Waals surface area contributed by atoms with E-state index in [2.05, 4.69) is 16.7 Å². The number of nitrogens with one attached hydrogen (secondary N) is 2. The Labute approximate surface area is 187 Å². The molecule has 2 N–H and O–H groups in total. The van der Waals surface area contributed by atoms with Crippen molar-refractivity contribution in [2.24, 2.45) is 0 Å². The summed E-state index contributed by atoms with van der Waals surface area (Å²) in [5, 5.41) is 17.3. The summed E-state index contributed by atoms with van der Waals surface area (Å²) in [4.78, 5) is 27.9. The first-order chi connectivity index (χ1) is 15.5. The van der Waals surface area contributed by atoms with Crippen molar-refractivity contribution >= 4 is 28.3 Å². The molecule has 1 heterocycles. The number of rotatable bonds is 5. The quantitative estimate of drug-likeness (QED) is 0.656. The number of hydrogen-bond acceptors (Lipinski definition) is 4. The van der Waals surface area contributed by atoms with E-state index in [9.17, 15) is 14.9 Å². The van der Waals surface area contributed by atoms with Crippen molar-refractivity contribution in [2.75, 3.05) is 11.9 Å². The number of para-hydroxylation sites is 1. The molecule has 0 aliphatic carbocycles.